The smallest absolute Gasteiger partial charge is 0.265 e. The van der Waals surface area contributed by atoms with Crippen molar-refractivity contribution in [1.82, 2.24) is 40.0 Å². The number of fused-ring (bicyclic) bond motifs is 2. The molecule has 5 amide bonds. The summed E-state index contributed by atoms with van der Waals surface area (Å²) in [5, 5.41) is 9.52. The predicted molar refractivity (Wildman–Crippen MR) is 183 cm³/mol. The lowest BCUT2D eigenvalue weighted by molar-refractivity contribution is -0.150. The molecule has 0 radical (unpaired) electrons. The molecule has 2 N–H and O–H groups in total. The number of hydrogen-bond donors (Lipinski definition) is 2. The minimum absolute atomic E-state index is 0.000635. The lowest BCUT2D eigenvalue weighted by Gasteiger charge is -2.45. The normalized spacial score (nSPS) is 24.0. The Balaban J connectivity index is 0.873. The molecular weight excluding hydrogens is 671 g/mol. The molecule has 3 saturated heterocycles. The standard InChI is InChI=1S/C37H41FN8O6/c1-52-32(22-5-3-2-4-6-22)37(51)45-21-27-26(19-39-41-27)34(45)44-13-11-24(12-14-44)43-17-15-42(16-18-43)20-23-7-8-25-30(31(23)38)36(50)46(35(25)49)28-9-10-29(47)40-33(28)48/h2-8,19,24,28,32,34H,9-18,20-21H2,1H3,(H,39,41)(H,40,47,48)/t28?,32-,34?/m1/s1. The van der Waals surface area contributed by atoms with Crippen molar-refractivity contribution in [3.63, 3.8) is 0 Å². The van der Waals surface area contributed by atoms with Crippen LogP contribution in [0.15, 0.2) is 48.7 Å². The van der Waals surface area contributed by atoms with Gasteiger partial charge in [0.2, 0.25) is 11.8 Å². The van der Waals surface area contributed by atoms with E-state index in [1.807, 2.05) is 41.4 Å². The summed E-state index contributed by atoms with van der Waals surface area (Å²) in [6.07, 6.45) is 2.81. The molecule has 8 rings (SSSR count). The topological polar surface area (TPSA) is 151 Å². The van der Waals surface area contributed by atoms with Crippen molar-refractivity contribution in [2.24, 2.45) is 0 Å². The second-order valence-corrected chi connectivity index (χ2v) is 14.2. The summed E-state index contributed by atoms with van der Waals surface area (Å²) in [5.74, 6) is -3.56. The average Bonchev–Trinajstić information content (AvgIpc) is 3.83. The van der Waals surface area contributed by atoms with E-state index >= 15 is 4.39 Å². The Morgan fingerprint density at radius 3 is 2.40 bits per heavy atom. The van der Waals surface area contributed by atoms with Gasteiger partial charge in [0.15, 0.2) is 6.10 Å². The van der Waals surface area contributed by atoms with Gasteiger partial charge in [0.25, 0.3) is 17.7 Å². The molecule has 15 heteroatoms. The molecule has 2 unspecified atom stereocenters. The maximum atomic E-state index is 15.9. The van der Waals surface area contributed by atoms with Crippen molar-refractivity contribution in [3.8, 4) is 0 Å². The Morgan fingerprint density at radius 1 is 0.942 bits per heavy atom. The van der Waals surface area contributed by atoms with Crippen molar-refractivity contribution in [2.45, 2.75) is 63.1 Å². The minimum atomic E-state index is -1.14. The molecule has 0 bridgehead atoms. The molecule has 272 valence electrons. The van der Waals surface area contributed by atoms with Gasteiger partial charge in [-0.3, -0.25) is 54.0 Å². The Labute approximate surface area is 299 Å². The SMILES string of the molecule is CO[C@@H](C(=O)N1Cc2[nH]ncc2C1N1CCC(N2CCN(Cc3ccc4c(c3F)C(=O)N(C3CCC(=O)NC3=O)C4=O)CC2)CC1)c1ccccc1. The molecule has 6 heterocycles. The zero-order valence-electron chi connectivity index (χ0n) is 28.9. The largest absolute Gasteiger partial charge is 0.367 e. The van der Waals surface area contributed by atoms with Crippen molar-refractivity contribution >= 4 is 29.5 Å². The molecule has 0 aliphatic carbocycles. The number of ether oxygens (including phenoxy) is 1. The van der Waals surface area contributed by atoms with Gasteiger partial charge in [-0.05, 0) is 30.9 Å². The molecule has 5 aliphatic heterocycles. The van der Waals surface area contributed by atoms with E-state index < -0.39 is 41.6 Å². The van der Waals surface area contributed by atoms with Gasteiger partial charge in [-0.1, -0.05) is 36.4 Å². The zero-order chi connectivity index (χ0) is 36.1. The molecular formula is C37H41FN8O6. The Kier molecular flexibility index (Phi) is 9.19. The Bertz CT molecular complexity index is 1900. The number of nitrogens with zero attached hydrogens (tertiary/aromatic N) is 6. The maximum absolute atomic E-state index is 15.9. The fourth-order valence-electron chi connectivity index (χ4n) is 8.55. The van der Waals surface area contributed by atoms with Crippen LogP contribution in [0.1, 0.15) is 81.1 Å². The van der Waals surface area contributed by atoms with Gasteiger partial charge >= 0.3 is 0 Å². The number of H-pyrrole nitrogens is 1. The number of likely N-dealkylation sites (tertiary alicyclic amines) is 1. The summed E-state index contributed by atoms with van der Waals surface area (Å²) in [6.45, 7) is 5.41. The van der Waals surface area contributed by atoms with Crippen LogP contribution >= 0.6 is 0 Å². The van der Waals surface area contributed by atoms with E-state index in [9.17, 15) is 24.0 Å². The molecule has 5 aliphatic rings. The molecule has 3 aromatic rings. The number of aromatic nitrogens is 2. The highest BCUT2D eigenvalue weighted by molar-refractivity contribution is 6.23. The molecule has 14 nitrogen and oxygen atoms in total. The van der Waals surface area contributed by atoms with E-state index in [1.54, 1.807) is 13.2 Å². The van der Waals surface area contributed by atoms with Crippen LogP contribution in [0.3, 0.4) is 0 Å². The molecule has 52 heavy (non-hydrogen) atoms. The van der Waals surface area contributed by atoms with Crippen LogP contribution < -0.4 is 5.32 Å². The molecule has 3 fully saturated rings. The number of amides is 5. The van der Waals surface area contributed by atoms with Gasteiger partial charge in [0, 0.05) is 76.5 Å². The monoisotopic (exact) mass is 712 g/mol. The minimum Gasteiger partial charge on any atom is -0.367 e. The lowest BCUT2D eigenvalue weighted by Crippen LogP contribution is -2.54. The van der Waals surface area contributed by atoms with E-state index in [2.05, 4.69) is 30.2 Å². The number of carbonyl (C=O) groups excluding carboxylic acids is 5. The van der Waals surface area contributed by atoms with Crippen LogP contribution in [0.4, 0.5) is 4.39 Å². The first-order valence-electron chi connectivity index (χ1n) is 17.9. The third-order valence-electron chi connectivity index (χ3n) is 11.3. The second kappa shape index (κ2) is 14.0. The fourth-order valence-corrected chi connectivity index (χ4v) is 8.55. The maximum Gasteiger partial charge on any atom is 0.265 e. The number of methoxy groups -OCH3 is 1. The summed E-state index contributed by atoms with van der Waals surface area (Å²) in [4.78, 5) is 74.0. The number of rotatable bonds is 8. The third kappa shape index (κ3) is 6.00. The van der Waals surface area contributed by atoms with Gasteiger partial charge in [-0.2, -0.15) is 5.10 Å². The number of benzene rings is 2. The molecule has 1 aromatic heterocycles. The summed E-state index contributed by atoms with van der Waals surface area (Å²) < 4.78 is 21.6. The van der Waals surface area contributed by atoms with E-state index in [0.29, 0.717) is 31.2 Å². The van der Waals surface area contributed by atoms with Crippen molar-refractivity contribution in [2.75, 3.05) is 46.4 Å². The van der Waals surface area contributed by atoms with E-state index in [-0.39, 0.29) is 42.6 Å². The number of piperidine rings is 2. The average molecular weight is 713 g/mol. The van der Waals surface area contributed by atoms with Crippen LogP contribution in [0, 0.1) is 5.82 Å². The molecule has 0 saturated carbocycles. The number of imide groups is 2. The molecule has 2 aromatic carbocycles. The van der Waals surface area contributed by atoms with Crippen LogP contribution in [-0.4, -0.2) is 123 Å². The Morgan fingerprint density at radius 2 is 1.69 bits per heavy atom. The summed E-state index contributed by atoms with van der Waals surface area (Å²) in [5.41, 5.74) is 2.75. The first-order valence-corrected chi connectivity index (χ1v) is 17.9. The van der Waals surface area contributed by atoms with Gasteiger partial charge in [0.1, 0.15) is 18.0 Å². The Hall–Kier alpha value is -4.83. The van der Waals surface area contributed by atoms with Gasteiger partial charge < -0.3 is 9.64 Å². The van der Waals surface area contributed by atoms with Gasteiger partial charge in [0.05, 0.1) is 29.6 Å². The lowest BCUT2D eigenvalue weighted by atomic mass is 10.00. The summed E-state index contributed by atoms with van der Waals surface area (Å²) in [6, 6.07) is 11.8. The summed E-state index contributed by atoms with van der Waals surface area (Å²) in [7, 11) is 1.57. The number of piperazine rings is 1. The first-order chi connectivity index (χ1) is 25.2. The van der Waals surface area contributed by atoms with Crippen molar-refractivity contribution < 1.29 is 33.1 Å². The molecule has 3 atom stereocenters. The van der Waals surface area contributed by atoms with Crippen LogP contribution in [-0.2, 0) is 32.2 Å². The van der Waals surface area contributed by atoms with E-state index in [4.69, 9.17) is 4.74 Å². The number of halogens is 1. The van der Waals surface area contributed by atoms with Crippen LogP contribution in [0.5, 0.6) is 0 Å². The van der Waals surface area contributed by atoms with E-state index in [0.717, 1.165) is 60.7 Å². The summed E-state index contributed by atoms with van der Waals surface area (Å²) >= 11 is 0. The van der Waals surface area contributed by atoms with Crippen LogP contribution in [0.25, 0.3) is 0 Å². The highest BCUT2D eigenvalue weighted by Gasteiger charge is 2.47. The van der Waals surface area contributed by atoms with Crippen LogP contribution in [0.2, 0.25) is 0 Å². The quantitative estimate of drug-likeness (QED) is 0.332. The third-order valence-corrected chi connectivity index (χ3v) is 11.3. The number of aromatic amines is 1. The predicted octanol–water partition coefficient (Wildman–Crippen LogP) is 1.96. The number of carbonyl (C=O) groups is 5. The van der Waals surface area contributed by atoms with Crippen molar-refractivity contribution in [3.05, 3.63) is 88.0 Å². The van der Waals surface area contributed by atoms with Gasteiger partial charge in [-0.25, -0.2) is 4.39 Å². The number of nitrogens with one attached hydrogen (secondary N) is 2. The second-order valence-electron chi connectivity index (χ2n) is 14.2. The first kappa shape index (κ1) is 34.3. The van der Waals surface area contributed by atoms with E-state index in [1.165, 1.54) is 6.07 Å². The van der Waals surface area contributed by atoms with Gasteiger partial charge in [-0.15, -0.1) is 0 Å². The molecule has 0 spiro atoms. The zero-order valence-corrected chi connectivity index (χ0v) is 28.9. The number of hydrogen-bond acceptors (Lipinski definition) is 10. The highest BCUT2D eigenvalue weighted by atomic mass is 19.1. The highest BCUT2D eigenvalue weighted by Crippen LogP contribution is 2.39. The van der Waals surface area contributed by atoms with Crippen molar-refractivity contribution in [1.29, 1.82) is 0 Å². The fraction of sp³-hybridized carbons (Fsp3) is 0.459.